The van der Waals surface area contributed by atoms with Gasteiger partial charge in [0.15, 0.2) is 0 Å². The zero-order valence-corrected chi connectivity index (χ0v) is 15.7. The Bertz CT molecular complexity index is 682. The van der Waals surface area contributed by atoms with Gasteiger partial charge in [0, 0.05) is 23.0 Å². The molecule has 0 aromatic heterocycles. The molecule has 5 nitrogen and oxygen atoms in total. The highest BCUT2D eigenvalue weighted by Crippen LogP contribution is 2.46. The number of nitrogens with zero attached hydrogens (tertiary/aromatic N) is 1. The molecule has 2 heterocycles. The lowest BCUT2D eigenvalue weighted by Crippen LogP contribution is -2.56. The van der Waals surface area contributed by atoms with E-state index in [-0.39, 0.29) is 6.09 Å². The first-order valence-corrected chi connectivity index (χ1v) is 8.84. The maximum Gasteiger partial charge on any atom is 0.411 e. The molecule has 0 saturated carbocycles. The Balaban J connectivity index is 2.05. The lowest BCUT2D eigenvalue weighted by atomic mass is 9.78. The quantitative estimate of drug-likeness (QED) is 0.722. The second kappa shape index (κ2) is 6.08. The van der Waals surface area contributed by atoms with Crippen LogP contribution in [0, 0.1) is 0 Å². The summed E-state index contributed by atoms with van der Waals surface area (Å²) in [5.74, 6) is 0.675. The Morgan fingerprint density at radius 2 is 2.21 bits per heavy atom. The predicted octanol–water partition coefficient (Wildman–Crippen LogP) is 3.94. The number of aliphatic hydroxyl groups excluding tert-OH is 1. The summed E-state index contributed by atoms with van der Waals surface area (Å²) in [6.07, 6.45) is 3.51. The van der Waals surface area contributed by atoms with Crippen LogP contribution < -0.4 is 4.74 Å². The van der Waals surface area contributed by atoms with E-state index in [1.807, 2.05) is 45.0 Å². The van der Waals surface area contributed by atoms with E-state index in [0.717, 1.165) is 10.0 Å². The molecular weight excluding hydrogens is 374 g/mol. The van der Waals surface area contributed by atoms with Crippen molar-refractivity contribution in [2.75, 3.05) is 6.54 Å². The van der Waals surface area contributed by atoms with Gasteiger partial charge in [-0.2, -0.15) is 0 Å². The van der Waals surface area contributed by atoms with Gasteiger partial charge >= 0.3 is 6.09 Å². The van der Waals surface area contributed by atoms with Gasteiger partial charge in [0.1, 0.15) is 11.4 Å². The average molecular weight is 396 g/mol. The molecule has 1 amide bonds. The largest absolute Gasteiger partial charge is 0.465 e. The fraction of sp³-hybridized carbons (Fsp3) is 0.500. The third kappa shape index (κ3) is 3.17. The summed E-state index contributed by atoms with van der Waals surface area (Å²) >= 11 is 3.44. The number of fused-ring (bicyclic) bond motifs is 2. The number of hydrogen-bond acceptors (Lipinski definition) is 4. The molecule has 1 unspecified atom stereocenters. The molecule has 3 rings (SSSR count). The van der Waals surface area contributed by atoms with Gasteiger partial charge in [-0.15, -0.1) is 0 Å². The van der Waals surface area contributed by atoms with Crippen molar-refractivity contribution < 1.29 is 19.4 Å². The maximum absolute atomic E-state index is 12.8. The van der Waals surface area contributed by atoms with Crippen molar-refractivity contribution in [3.8, 4) is 5.75 Å². The van der Waals surface area contributed by atoms with Crippen LogP contribution in [0.2, 0.25) is 0 Å². The van der Waals surface area contributed by atoms with Crippen LogP contribution in [0.1, 0.15) is 39.2 Å². The molecule has 24 heavy (non-hydrogen) atoms. The maximum atomic E-state index is 12.8. The fourth-order valence-electron chi connectivity index (χ4n) is 3.29. The number of rotatable bonds is 0. The van der Waals surface area contributed by atoms with Crippen molar-refractivity contribution in [3.05, 3.63) is 40.6 Å². The van der Waals surface area contributed by atoms with E-state index in [2.05, 4.69) is 15.9 Å². The van der Waals surface area contributed by atoms with E-state index >= 15 is 0 Å². The van der Waals surface area contributed by atoms with E-state index < -0.39 is 17.2 Å². The van der Waals surface area contributed by atoms with E-state index in [1.165, 1.54) is 0 Å². The number of ether oxygens (including phenoxy) is 2. The number of hydrogen-bond donors (Lipinski definition) is 1. The molecule has 2 atom stereocenters. The number of amides is 1. The summed E-state index contributed by atoms with van der Waals surface area (Å²) in [6.45, 7) is 5.97. The Labute approximate surface area is 150 Å². The molecule has 6 heteroatoms. The van der Waals surface area contributed by atoms with Crippen LogP contribution in [-0.2, 0) is 10.3 Å². The van der Waals surface area contributed by atoms with Crippen LogP contribution in [-0.4, -0.2) is 34.3 Å². The van der Waals surface area contributed by atoms with Crippen LogP contribution in [0.25, 0.3) is 0 Å². The number of halogens is 1. The molecule has 1 aromatic carbocycles. The van der Waals surface area contributed by atoms with Crippen molar-refractivity contribution in [2.45, 2.75) is 50.9 Å². The van der Waals surface area contributed by atoms with Gasteiger partial charge in [0.2, 0.25) is 0 Å². The first kappa shape index (κ1) is 17.3. The lowest BCUT2D eigenvalue weighted by Gasteiger charge is -2.48. The molecule has 0 aliphatic carbocycles. The van der Waals surface area contributed by atoms with Crippen LogP contribution in [0.4, 0.5) is 4.79 Å². The molecule has 1 N–H and O–H groups in total. The van der Waals surface area contributed by atoms with Gasteiger partial charge in [-0.05, 0) is 45.4 Å². The van der Waals surface area contributed by atoms with Gasteiger partial charge in [-0.3, -0.25) is 4.90 Å². The van der Waals surface area contributed by atoms with Crippen molar-refractivity contribution in [3.63, 3.8) is 0 Å². The number of carbonyl (C=O) groups is 1. The summed E-state index contributed by atoms with van der Waals surface area (Å²) in [6, 6.07) is 5.71. The minimum atomic E-state index is -0.756. The smallest absolute Gasteiger partial charge is 0.411 e. The van der Waals surface area contributed by atoms with E-state index in [0.29, 0.717) is 25.1 Å². The number of aliphatic hydroxyl groups is 1. The fourth-order valence-corrected chi connectivity index (χ4v) is 3.63. The third-order valence-electron chi connectivity index (χ3n) is 4.28. The minimum absolute atomic E-state index is 0.380. The normalized spacial score (nSPS) is 26.0. The summed E-state index contributed by atoms with van der Waals surface area (Å²) in [7, 11) is 0. The van der Waals surface area contributed by atoms with Gasteiger partial charge in [0.05, 0.1) is 17.9 Å². The average Bonchev–Trinajstić information content (AvgIpc) is 2.45. The first-order chi connectivity index (χ1) is 11.2. The van der Waals surface area contributed by atoms with Gasteiger partial charge < -0.3 is 14.6 Å². The monoisotopic (exact) mass is 395 g/mol. The van der Waals surface area contributed by atoms with Gasteiger partial charge in [-0.1, -0.05) is 22.0 Å². The second-order valence-electron chi connectivity index (χ2n) is 7.26. The van der Waals surface area contributed by atoms with Crippen LogP contribution >= 0.6 is 15.9 Å². The summed E-state index contributed by atoms with van der Waals surface area (Å²) in [4.78, 5) is 14.5. The van der Waals surface area contributed by atoms with Crippen molar-refractivity contribution >= 4 is 22.0 Å². The topological polar surface area (TPSA) is 59.0 Å². The summed E-state index contributed by atoms with van der Waals surface area (Å²) < 4.78 is 12.1. The second-order valence-corrected chi connectivity index (χ2v) is 8.18. The lowest BCUT2D eigenvalue weighted by molar-refractivity contribution is -0.0314. The summed E-state index contributed by atoms with van der Waals surface area (Å²) in [5, 5.41) is 10.3. The number of piperidine rings is 1. The molecule has 1 saturated heterocycles. The molecule has 1 aromatic rings. The standard InChI is InChI=1S/C18H22BrNO4/c1-17(2,3)24-16(22)20-8-6-13(21)11-18(20)7-9-23-15-10-12(19)4-5-14(15)18/h4-5,7,9-10,13,21H,6,8,11H2,1-3H3/t13?,18-/m1/s1. The predicted molar refractivity (Wildman–Crippen MR) is 93.8 cm³/mol. The zero-order chi connectivity index (χ0) is 17.5. The van der Waals surface area contributed by atoms with Crippen LogP contribution in [0.15, 0.2) is 35.0 Å². The molecule has 130 valence electrons. The van der Waals surface area contributed by atoms with Crippen LogP contribution in [0.3, 0.4) is 0 Å². The van der Waals surface area contributed by atoms with Crippen molar-refractivity contribution in [2.24, 2.45) is 0 Å². The highest BCUT2D eigenvalue weighted by atomic mass is 79.9. The van der Waals surface area contributed by atoms with E-state index in [4.69, 9.17) is 9.47 Å². The number of carbonyl (C=O) groups excluding carboxylic acids is 1. The SMILES string of the molecule is CC(C)(C)OC(=O)N1CCC(O)C[C@@]12C=COc1cc(Br)ccc12. The molecule has 2 aliphatic heterocycles. The van der Waals surface area contributed by atoms with E-state index in [9.17, 15) is 9.90 Å². The molecular formula is C18H22BrNO4. The number of likely N-dealkylation sites (tertiary alicyclic amines) is 1. The Hall–Kier alpha value is -1.53. The third-order valence-corrected chi connectivity index (χ3v) is 4.77. The summed E-state index contributed by atoms with van der Waals surface area (Å²) in [5.41, 5.74) is -0.474. The van der Waals surface area contributed by atoms with Crippen molar-refractivity contribution in [1.29, 1.82) is 0 Å². The zero-order valence-electron chi connectivity index (χ0n) is 14.1. The van der Waals surface area contributed by atoms with Crippen LogP contribution in [0.5, 0.6) is 5.75 Å². The van der Waals surface area contributed by atoms with Gasteiger partial charge in [-0.25, -0.2) is 4.79 Å². The number of benzene rings is 1. The molecule has 2 aliphatic rings. The molecule has 1 spiro atoms. The highest BCUT2D eigenvalue weighted by Gasteiger charge is 2.48. The van der Waals surface area contributed by atoms with E-state index in [1.54, 1.807) is 11.2 Å². The molecule has 1 fully saturated rings. The highest BCUT2D eigenvalue weighted by molar-refractivity contribution is 9.10. The molecule has 0 radical (unpaired) electrons. The van der Waals surface area contributed by atoms with Gasteiger partial charge in [0.25, 0.3) is 0 Å². The Morgan fingerprint density at radius 1 is 1.46 bits per heavy atom. The minimum Gasteiger partial charge on any atom is -0.465 e. The molecule has 0 bridgehead atoms. The van der Waals surface area contributed by atoms with Crippen molar-refractivity contribution in [1.82, 2.24) is 4.90 Å². The first-order valence-electron chi connectivity index (χ1n) is 8.04. The Morgan fingerprint density at radius 3 is 2.92 bits per heavy atom. The Kier molecular flexibility index (Phi) is 4.38.